The molecule has 5 heteroatoms. The topological polar surface area (TPSA) is 48.2 Å². The number of halogens is 1. The van der Waals surface area contributed by atoms with Crippen LogP contribution >= 0.6 is 0 Å². The molecule has 2 aromatic rings. The molecule has 22 heavy (non-hydrogen) atoms. The van der Waals surface area contributed by atoms with Crippen LogP contribution in [0.5, 0.6) is 0 Å². The standard InChI is InChI=1S/C17H21FN2O2/c1-16(2,3)14-19-15(22-20-14)17(8-10-21-11-9-17)12-4-6-13(18)7-5-12/h4-7H,8-11H2,1-3H3. The molecule has 118 valence electrons. The van der Waals surface area contributed by atoms with Gasteiger partial charge in [0.2, 0.25) is 5.89 Å². The van der Waals surface area contributed by atoms with Crippen LogP contribution in [0.25, 0.3) is 0 Å². The molecule has 0 spiro atoms. The van der Waals surface area contributed by atoms with Crippen molar-refractivity contribution >= 4 is 0 Å². The van der Waals surface area contributed by atoms with Crippen LogP contribution in [0, 0.1) is 5.82 Å². The molecule has 1 saturated heterocycles. The number of hydrogen-bond donors (Lipinski definition) is 0. The SMILES string of the molecule is CC(C)(C)c1noc(C2(c3ccc(F)cc3)CCOCC2)n1. The monoisotopic (exact) mass is 304 g/mol. The Kier molecular flexibility index (Phi) is 3.77. The van der Waals surface area contributed by atoms with Gasteiger partial charge in [0.15, 0.2) is 5.82 Å². The Labute approximate surface area is 129 Å². The fourth-order valence-electron chi connectivity index (χ4n) is 2.84. The molecule has 3 rings (SSSR count). The summed E-state index contributed by atoms with van der Waals surface area (Å²) in [5.74, 6) is 1.05. The Morgan fingerprint density at radius 3 is 2.27 bits per heavy atom. The van der Waals surface area contributed by atoms with Crippen LogP contribution in [-0.2, 0) is 15.6 Å². The summed E-state index contributed by atoms with van der Waals surface area (Å²) in [4.78, 5) is 4.65. The summed E-state index contributed by atoms with van der Waals surface area (Å²) in [5, 5.41) is 4.15. The van der Waals surface area contributed by atoms with Crippen LogP contribution in [0.2, 0.25) is 0 Å². The predicted octanol–water partition coefficient (Wildman–Crippen LogP) is 3.60. The first-order valence-corrected chi connectivity index (χ1v) is 7.60. The van der Waals surface area contributed by atoms with Crippen LogP contribution in [0.4, 0.5) is 4.39 Å². The van der Waals surface area contributed by atoms with Crippen LogP contribution < -0.4 is 0 Å². The van der Waals surface area contributed by atoms with E-state index in [9.17, 15) is 4.39 Å². The molecule has 2 heterocycles. The highest BCUT2D eigenvalue weighted by molar-refractivity contribution is 5.33. The number of nitrogens with zero attached hydrogens (tertiary/aromatic N) is 2. The average Bonchev–Trinajstić information content (AvgIpc) is 2.99. The van der Waals surface area contributed by atoms with E-state index in [1.165, 1.54) is 12.1 Å². The minimum absolute atomic E-state index is 0.170. The van der Waals surface area contributed by atoms with Crippen molar-refractivity contribution in [1.29, 1.82) is 0 Å². The van der Waals surface area contributed by atoms with Gasteiger partial charge >= 0.3 is 0 Å². The van der Waals surface area contributed by atoms with Crippen LogP contribution in [0.1, 0.15) is 50.9 Å². The van der Waals surface area contributed by atoms with Crippen molar-refractivity contribution in [2.24, 2.45) is 0 Å². The number of benzene rings is 1. The first kappa shape index (κ1) is 15.2. The summed E-state index contributed by atoms with van der Waals surface area (Å²) >= 11 is 0. The van der Waals surface area contributed by atoms with Gasteiger partial charge in [-0.1, -0.05) is 38.1 Å². The van der Waals surface area contributed by atoms with E-state index >= 15 is 0 Å². The van der Waals surface area contributed by atoms with E-state index in [4.69, 9.17) is 9.26 Å². The molecule has 1 aliphatic rings. The number of hydrogen-bond acceptors (Lipinski definition) is 4. The first-order valence-electron chi connectivity index (χ1n) is 7.60. The van der Waals surface area contributed by atoms with Crippen molar-refractivity contribution in [2.75, 3.05) is 13.2 Å². The van der Waals surface area contributed by atoms with E-state index in [0.29, 0.717) is 24.9 Å². The zero-order valence-corrected chi connectivity index (χ0v) is 13.2. The van der Waals surface area contributed by atoms with Gasteiger partial charge in [-0.3, -0.25) is 0 Å². The third-order valence-electron chi connectivity index (χ3n) is 4.25. The van der Waals surface area contributed by atoms with E-state index in [1.54, 1.807) is 0 Å². The quantitative estimate of drug-likeness (QED) is 0.850. The Hall–Kier alpha value is -1.75. The number of rotatable bonds is 2. The summed E-state index contributed by atoms with van der Waals surface area (Å²) in [7, 11) is 0. The fourth-order valence-corrected chi connectivity index (χ4v) is 2.84. The lowest BCUT2D eigenvalue weighted by Crippen LogP contribution is -2.35. The molecule has 0 radical (unpaired) electrons. The van der Waals surface area contributed by atoms with Crippen molar-refractivity contribution in [2.45, 2.75) is 44.4 Å². The highest BCUT2D eigenvalue weighted by Crippen LogP contribution is 2.41. The minimum atomic E-state index is -0.386. The summed E-state index contributed by atoms with van der Waals surface area (Å²) in [5.41, 5.74) is 0.445. The van der Waals surface area contributed by atoms with E-state index in [0.717, 1.165) is 18.4 Å². The Morgan fingerprint density at radius 1 is 1.09 bits per heavy atom. The molecule has 0 N–H and O–H groups in total. The Morgan fingerprint density at radius 2 is 1.73 bits per heavy atom. The van der Waals surface area contributed by atoms with Gasteiger partial charge in [-0.05, 0) is 30.5 Å². The molecule has 4 nitrogen and oxygen atoms in total. The molecular weight excluding hydrogens is 283 g/mol. The van der Waals surface area contributed by atoms with Gasteiger partial charge < -0.3 is 9.26 Å². The molecule has 0 saturated carbocycles. The first-order chi connectivity index (χ1) is 10.4. The van der Waals surface area contributed by atoms with Gasteiger partial charge in [-0.25, -0.2) is 4.39 Å². The highest BCUT2D eigenvalue weighted by atomic mass is 19.1. The van der Waals surface area contributed by atoms with Gasteiger partial charge in [0.05, 0.1) is 5.41 Å². The second-order valence-corrected chi connectivity index (χ2v) is 6.87. The van der Waals surface area contributed by atoms with Crippen molar-refractivity contribution in [1.82, 2.24) is 10.1 Å². The largest absolute Gasteiger partial charge is 0.381 e. The van der Waals surface area contributed by atoms with Crippen molar-refractivity contribution < 1.29 is 13.7 Å². The molecule has 0 bridgehead atoms. The fraction of sp³-hybridized carbons (Fsp3) is 0.529. The molecule has 1 aliphatic heterocycles. The lowest BCUT2D eigenvalue weighted by atomic mass is 9.74. The summed E-state index contributed by atoms with van der Waals surface area (Å²) < 4.78 is 24.4. The van der Waals surface area contributed by atoms with Crippen LogP contribution in [0.15, 0.2) is 28.8 Å². The number of ether oxygens (including phenoxy) is 1. The summed E-state index contributed by atoms with van der Waals surface area (Å²) in [6.07, 6.45) is 1.51. The molecule has 1 fully saturated rings. The molecule has 0 atom stereocenters. The Balaban J connectivity index is 2.06. The second-order valence-electron chi connectivity index (χ2n) is 6.87. The van der Waals surface area contributed by atoms with E-state index in [-0.39, 0.29) is 16.6 Å². The molecule has 0 unspecified atom stereocenters. The van der Waals surface area contributed by atoms with Gasteiger partial charge in [0, 0.05) is 18.6 Å². The third-order valence-corrected chi connectivity index (χ3v) is 4.25. The molecular formula is C17H21FN2O2. The highest BCUT2D eigenvalue weighted by Gasteiger charge is 2.42. The summed E-state index contributed by atoms with van der Waals surface area (Å²) in [6, 6.07) is 6.57. The second kappa shape index (κ2) is 5.47. The maximum absolute atomic E-state index is 13.3. The van der Waals surface area contributed by atoms with Gasteiger partial charge in [-0.2, -0.15) is 4.98 Å². The van der Waals surface area contributed by atoms with E-state index < -0.39 is 0 Å². The average molecular weight is 304 g/mol. The maximum atomic E-state index is 13.3. The zero-order chi connectivity index (χ0) is 15.8. The number of aromatic nitrogens is 2. The minimum Gasteiger partial charge on any atom is -0.381 e. The molecule has 1 aromatic carbocycles. The summed E-state index contributed by atoms with van der Waals surface area (Å²) in [6.45, 7) is 7.41. The predicted molar refractivity (Wildman–Crippen MR) is 80.2 cm³/mol. The normalized spacial score (nSPS) is 18.4. The molecule has 0 amide bonds. The molecule has 1 aromatic heterocycles. The van der Waals surface area contributed by atoms with Crippen molar-refractivity contribution in [3.63, 3.8) is 0 Å². The van der Waals surface area contributed by atoms with Crippen LogP contribution in [0.3, 0.4) is 0 Å². The van der Waals surface area contributed by atoms with Gasteiger partial charge in [0.25, 0.3) is 0 Å². The third kappa shape index (κ3) is 2.65. The molecule has 0 aliphatic carbocycles. The lowest BCUT2D eigenvalue weighted by molar-refractivity contribution is 0.0523. The smallest absolute Gasteiger partial charge is 0.237 e. The Bertz CT molecular complexity index is 637. The zero-order valence-electron chi connectivity index (χ0n) is 13.2. The van der Waals surface area contributed by atoms with E-state index in [1.807, 2.05) is 12.1 Å². The van der Waals surface area contributed by atoms with Crippen molar-refractivity contribution in [3.05, 3.63) is 47.4 Å². The van der Waals surface area contributed by atoms with E-state index in [2.05, 4.69) is 30.9 Å². The van der Waals surface area contributed by atoms with Gasteiger partial charge in [0.1, 0.15) is 5.82 Å². The maximum Gasteiger partial charge on any atom is 0.237 e. The van der Waals surface area contributed by atoms with Crippen molar-refractivity contribution in [3.8, 4) is 0 Å². The van der Waals surface area contributed by atoms with Crippen LogP contribution in [-0.4, -0.2) is 23.4 Å². The van der Waals surface area contributed by atoms with Gasteiger partial charge in [-0.15, -0.1) is 0 Å². The lowest BCUT2D eigenvalue weighted by Gasteiger charge is -2.34.